The molecule has 0 spiro atoms. The van der Waals surface area contributed by atoms with Gasteiger partial charge in [0.2, 0.25) is 0 Å². The lowest BCUT2D eigenvalue weighted by molar-refractivity contribution is 0.0646. The van der Waals surface area contributed by atoms with Crippen molar-refractivity contribution in [3.8, 4) is 0 Å². The van der Waals surface area contributed by atoms with Crippen LogP contribution in [0.3, 0.4) is 0 Å². The zero-order valence-electron chi connectivity index (χ0n) is 12.1. The maximum atomic E-state index is 6.00. The summed E-state index contributed by atoms with van der Waals surface area (Å²) in [6.45, 7) is 3.49. The molecule has 1 saturated heterocycles. The smallest absolute Gasteiger partial charge is 0.134 e. The summed E-state index contributed by atoms with van der Waals surface area (Å²) in [5.74, 6) is 0.940. The Hall–Kier alpha value is -1.36. The second kappa shape index (κ2) is 5.56. The highest BCUT2D eigenvalue weighted by molar-refractivity contribution is 5.77. The van der Waals surface area contributed by atoms with Crippen LogP contribution in [0.2, 0.25) is 0 Å². The summed E-state index contributed by atoms with van der Waals surface area (Å²) >= 11 is 0. The van der Waals surface area contributed by atoms with E-state index in [4.69, 9.17) is 14.9 Å². The van der Waals surface area contributed by atoms with E-state index in [1.54, 1.807) is 0 Å². The maximum Gasteiger partial charge on any atom is 0.134 e. The van der Waals surface area contributed by atoms with Gasteiger partial charge in [-0.3, -0.25) is 4.90 Å². The number of nitrogens with zero attached hydrogens (tertiary/aromatic N) is 1. The molecule has 2 aromatic rings. The van der Waals surface area contributed by atoms with E-state index in [0.717, 1.165) is 29.8 Å². The predicted molar refractivity (Wildman–Crippen MR) is 79.6 cm³/mol. The van der Waals surface area contributed by atoms with Crippen LogP contribution in [0.5, 0.6) is 0 Å². The van der Waals surface area contributed by atoms with Gasteiger partial charge in [-0.25, -0.2) is 0 Å². The van der Waals surface area contributed by atoms with Crippen LogP contribution in [0.15, 0.2) is 34.7 Å². The third-order valence-corrected chi connectivity index (χ3v) is 4.35. The molecule has 1 aromatic carbocycles. The Labute approximate surface area is 119 Å². The summed E-state index contributed by atoms with van der Waals surface area (Å²) < 4.78 is 11.6. The normalized spacial score (nSPS) is 24.6. The highest BCUT2D eigenvalue weighted by atomic mass is 16.5. The Morgan fingerprint density at radius 2 is 2.20 bits per heavy atom. The Bertz CT molecular complexity index is 548. The zero-order chi connectivity index (χ0) is 14.1. The molecule has 3 atom stereocenters. The number of hydrogen-bond donors (Lipinski definition) is 1. The summed E-state index contributed by atoms with van der Waals surface area (Å²) in [5.41, 5.74) is 6.92. The number of para-hydroxylation sites is 1. The Morgan fingerprint density at radius 3 is 2.85 bits per heavy atom. The first-order chi connectivity index (χ1) is 9.70. The van der Waals surface area contributed by atoms with Gasteiger partial charge < -0.3 is 14.9 Å². The SMILES string of the molecule is CC1OCCC1N(C)C(CN)c1cc2ccccc2o1. The fraction of sp³-hybridized carbons (Fsp3) is 0.500. The first-order valence-electron chi connectivity index (χ1n) is 7.23. The first-order valence-corrected chi connectivity index (χ1v) is 7.23. The van der Waals surface area contributed by atoms with Crippen molar-refractivity contribution in [2.45, 2.75) is 31.5 Å². The number of ether oxygens (including phenoxy) is 1. The topological polar surface area (TPSA) is 51.6 Å². The van der Waals surface area contributed by atoms with Crippen molar-refractivity contribution in [1.29, 1.82) is 0 Å². The first kappa shape index (κ1) is 13.6. The number of rotatable bonds is 4. The average Bonchev–Trinajstić information content (AvgIpc) is 3.05. The average molecular weight is 274 g/mol. The van der Waals surface area contributed by atoms with Gasteiger partial charge in [-0.05, 0) is 32.5 Å². The highest BCUT2D eigenvalue weighted by Gasteiger charge is 2.33. The van der Waals surface area contributed by atoms with E-state index in [-0.39, 0.29) is 12.1 Å². The van der Waals surface area contributed by atoms with Gasteiger partial charge in [-0.15, -0.1) is 0 Å². The number of nitrogens with two attached hydrogens (primary N) is 1. The molecule has 1 aliphatic heterocycles. The van der Waals surface area contributed by atoms with Crippen LogP contribution >= 0.6 is 0 Å². The van der Waals surface area contributed by atoms with Gasteiger partial charge in [0.15, 0.2) is 0 Å². The molecule has 20 heavy (non-hydrogen) atoms. The summed E-state index contributed by atoms with van der Waals surface area (Å²) in [7, 11) is 2.11. The van der Waals surface area contributed by atoms with E-state index in [9.17, 15) is 0 Å². The Morgan fingerprint density at radius 1 is 1.40 bits per heavy atom. The summed E-state index contributed by atoms with van der Waals surface area (Å²) in [4.78, 5) is 2.30. The molecular formula is C16H22N2O2. The molecular weight excluding hydrogens is 252 g/mol. The number of fused-ring (bicyclic) bond motifs is 1. The molecule has 0 radical (unpaired) electrons. The van der Waals surface area contributed by atoms with Crippen molar-refractivity contribution in [3.05, 3.63) is 36.1 Å². The van der Waals surface area contributed by atoms with Crippen molar-refractivity contribution in [2.75, 3.05) is 20.2 Å². The van der Waals surface area contributed by atoms with Crippen molar-refractivity contribution < 1.29 is 9.15 Å². The standard InChI is InChI=1S/C16H22N2O2/c1-11-13(7-8-19-11)18(2)14(10-17)16-9-12-5-3-4-6-15(12)20-16/h3-6,9,11,13-14H,7-8,10,17H2,1-2H3. The number of benzene rings is 1. The van der Waals surface area contributed by atoms with Crippen LogP contribution in [-0.2, 0) is 4.74 Å². The lowest BCUT2D eigenvalue weighted by Gasteiger charge is -2.32. The van der Waals surface area contributed by atoms with Crippen LogP contribution in [0.4, 0.5) is 0 Å². The van der Waals surface area contributed by atoms with E-state index >= 15 is 0 Å². The summed E-state index contributed by atoms with van der Waals surface area (Å²) in [5, 5.41) is 1.13. The molecule has 0 aliphatic carbocycles. The fourth-order valence-corrected chi connectivity index (χ4v) is 3.14. The molecule has 1 fully saturated rings. The summed E-state index contributed by atoms with van der Waals surface area (Å²) in [6, 6.07) is 10.7. The third kappa shape index (κ3) is 2.35. The Kier molecular flexibility index (Phi) is 3.78. The fourth-order valence-electron chi connectivity index (χ4n) is 3.14. The lowest BCUT2D eigenvalue weighted by Crippen LogP contribution is -2.41. The summed E-state index contributed by atoms with van der Waals surface area (Å²) in [6.07, 6.45) is 1.30. The van der Waals surface area contributed by atoms with E-state index < -0.39 is 0 Å². The van der Waals surface area contributed by atoms with E-state index in [1.165, 1.54) is 0 Å². The minimum atomic E-state index is 0.0940. The van der Waals surface area contributed by atoms with Gasteiger partial charge in [0, 0.05) is 24.6 Å². The van der Waals surface area contributed by atoms with Crippen LogP contribution in [0.1, 0.15) is 25.1 Å². The van der Waals surface area contributed by atoms with Gasteiger partial charge in [0.25, 0.3) is 0 Å². The predicted octanol–water partition coefficient (Wildman–Crippen LogP) is 2.54. The molecule has 2 N–H and O–H groups in total. The maximum absolute atomic E-state index is 6.00. The number of furan rings is 1. The second-order valence-corrected chi connectivity index (χ2v) is 5.54. The van der Waals surface area contributed by atoms with E-state index in [1.807, 2.05) is 18.2 Å². The molecule has 108 valence electrons. The number of hydrogen-bond acceptors (Lipinski definition) is 4. The van der Waals surface area contributed by atoms with Crippen molar-refractivity contribution in [3.63, 3.8) is 0 Å². The monoisotopic (exact) mass is 274 g/mol. The highest BCUT2D eigenvalue weighted by Crippen LogP contribution is 2.30. The largest absolute Gasteiger partial charge is 0.459 e. The molecule has 0 bridgehead atoms. The van der Waals surface area contributed by atoms with Crippen LogP contribution < -0.4 is 5.73 Å². The van der Waals surface area contributed by atoms with Gasteiger partial charge >= 0.3 is 0 Å². The van der Waals surface area contributed by atoms with Crippen molar-refractivity contribution in [2.24, 2.45) is 5.73 Å². The molecule has 2 heterocycles. The minimum Gasteiger partial charge on any atom is -0.459 e. The van der Waals surface area contributed by atoms with Gasteiger partial charge in [0.05, 0.1) is 12.1 Å². The van der Waals surface area contributed by atoms with Crippen LogP contribution in [0.25, 0.3) is 11.0 Å². The lowest BCUT2D eigenvalue weighted by atomic mass is 10.1. The quantitative estimate of drug-likeness (QED) is 0.931. The molecule has 4 heteroatoms. The number of likely N-dealkylation sites (N-methyl/N-ethyl adjacent to an activating group) is 1. The van der Waals surface area contributed by atoms with E-state index in [0.29, 0.717) is 12.6 Å². The van der Waals surface area contributed by atoms with Gasteiger partial charge in [-0.1, -0.05) is 18.2 Å². The molecule has 3 unspecified atom stereocenters. The van der Waals surface area contributed by atoms with Crippen LogP contribution in [0, 0.1) is 0 Å². The molecule has 3 rings (SSSR count). The third-order valence-electron chi connectivity index (χ3n) is 4.35. The van der Waals surface area contributed by atoms with E-state index in [2.05, 4.69) is 31.0 Å². The molecule has 0 amide bonds. The Balaban J connectivity index is 1.88. The van der Waals surface area contributed by atoms with Gasteiger partial charge in [-0.2, -0.15) is 0 Å². The molecule has 1 aliphatic rings. The molecule has 4 nitrogen and oxygen atoms in total. The van der Waals surface area contributed by atoms with Crippen molar-refractivity contribution >= 4 is 11.0 Å². The van der Waals surface area contributed by atoms with Gasteiger partial charge in [0.1, 0.15) is 11.3 Å². The van der Waals surface area contributed by atoms with Crippen LogP contribution in [-0.4, -0.2) is 37.2 Å². The second-order valence-electron chi connectivity index (χ2n) is 5.54. The molecule has 0 saturated carbocycles. The van der Waals surface area contributed by atoms with Crippen molar-refractivity contribution in [1.82, 2.24) is 4.90 Å². The zero-order valence-corrected chi connectivity index (χ0v) is 12.1. The molecule has 1 aromatic heterocycles. The minimum absolute atomic E-state index is 0.0940.